The Morgan fingerprint density at radius 2 is 1.68 bits per heavy atom. The summed E-state index contributed by atoms with van der Waals surface area (Å²) in [6.07, 6.45) is 1.76. The van der Waals surface area contributed by atoms with Crippen LogP contribution in [0, 0.1) is 10.1 Å². The predicted molar refractivity (Wildman–Crippen MR) is 166 cm³/mol. The van der Waals surface area contributed by atoms with Crippen LogP contribution in [0.1, 0.15) is 23.5 Å². The van der Waals surface area contributed by atoms with Gasteiger partial charge in [-0.3, -0.25) is 15.1 Å². The van der Waals surface area contributed by atoms with Crippen LogP contribution in [0.2, 0.25) is 10.0 Å². The van der Waals surface area contributed by atoms with Gasteiger partial charge in [-0.1, -0.05) is 41.0 Å². The van der Waals surface area contributed by atoms with E-state index in [0.717, 1.165) is 26.7 Å². The number of rotatable bonds is 7. The second-order valence-electron chi connectivity index (χ2n) is 9.17. The van der Waals surface area contributed by atoms with Crippen molar-refractivity contribution >= 4 is 63.7 Å². The van der Waals surface area contributed by atoms with Crippen LogP contribution >= 0.6 is 47.2 Å². The second kappa shape index (κ2) is 11.5. The first-order valence-electron chi connectivity index (χ1n) is 12.5. The van der Waals surface area contributed by atoms with Gasteiger partial charge in [-0.2, -0.15) is 0 Å². The van der Waals surface area contributed by atoms with Gasteiger partial charge in [0.15, 0.2) is 5.11 Å². The molecule has 0 spiro atoms. The fourth-order valence-electron chi connectivity index (χ4n) is 4.71. The third-order valence-electron chi connectivity index (χ3n) is 6.61. The van der Waals surface area contributed by atoms with Crippen molar-refractivity contribution in [2.24, 2.45) is 0 Å². The topological polar surface area (TPSA) is 84.4 Å². The largest absolute Gasteiger partial charge is 0.459 e. The Labute approximate surface area is 255 Å². The molecule has 0 saturated carbocycles. The summed E-state index contributed by atoms with van der Waals surface area (Å²) in [6, 6.07) is 28.8. The Bertz CT molecular complexity index is 1730. The number of aromatic nitrogens is 1. The average Bonchev–Trinajstić information content (AvgIpc) is 3.59. The molecule has 0 bridgehead atoms. The summed E-state index contributed by atoms with van der Waals surface area (Å²) >= 11 is 19.9. The number of hydrogen-bond acceptors (Lipinski definition) is 6. The number of pyridine rings is 1. The number of nitro groups is 1. The Balaban J connectivity index is 1.33. The van der Waals surface area contributed by atoms with Gasteiger partial charge in [0.25, 0.3) is 5.69 Å². The molecule has 3 heterocycles. The van der Waals surface area contributed by atoms with Gasteiger partial charge in [0.2, 0.25) is 0 Å². The van der Waals surface area contributed by atoms with Crippen molar-refractivity contribution in [3.8, 4) is 11.3 Å². The van der Waals surface area contributed by atoms with Crippen LogP contribution in [0.4, 0.5) is 11.4 Å². The number of nitrogens with zero attached hydrogens (tertiary/aromatic N) is 3. The summed E-state index contributed by atoms with van der Waals surface area (Å²) in [7, 11) is 0. The van der Waals surface area contributed by atoms with Crippen molar-refractivity contribution in [3.05, 3.63) is 135 Å². The SMILES string of the molecule is O=[N+]([O-])c1ccc(Sc2ccc(N3C(=S)N[C@@H](c4ccccn4)[C@H]3c3ccc(-c4ccc(Cl)cc4Cl)o3)cc2)cc1. The molecule has 2 aromatic heterocycles. The van der Waals surface area contributed by atoms with Gasteiger partial charge < -0.3 is 14.6 Å². The molecule has 1 N–H and O–H groups in total. The monoisotopic (exact) mass is 618 g/mol. The van der Waals surface area contributed by atoms with E-state index < -0.39 is 4.92 Å². The molecule has 1 saturated heterocycles. The molecule has 0 amide bonds. The molecule has 5 aromatic rings. The summed E-state index contributed by atoms with van der Waals surface area (Å²) in [5.74, 6) is 1.31. The molecule has 0 aliphatic carbocycles. The highest BCUT2D eigenvalue weighted by Gasteiger charge is 2.42. The third-order valence-corrected chi connectivity index (χ3v) is 8.49. The second-order valence-corrected chi connectivity index (χ2v) is 11.5. The van der Waals surface area contributed by atoms with Crippen molar-refractivity contribution in [1.82, 2.24) is 10.3 Å². The van der Waals surface area contributed by atoms with Crippen molar-refractivity contribution in [2.75, 3.05) is 4.90 Å². The average molecular weight is 620 g/mol. The molecular weight excluding hydrogens is 599 g/mol. The van der Waals surface area contributed by atoms with Crippen molar-refractivity contribution in [3.63, 3.8) is 0 Å². The summed E-state index contributed by atoms with van der Waals surface area (Å²) in [5.41, 5.74) is 2.51. The summed E-state index contributed by atoms with van der Waals surface area (Å²) < 4.78 is 6.41. The van der Waals surface area contributed by atoms with Gasteiger partial charge in [0.1, 0.15) is 17.6 Å². The quantitative estimate of drug-likeness (QED) is 0.110. The van der Waals surface area contributed by atoms with E-state index in [1.807, 2.05) is 65.6 Å². The Kier molecular flexibility index (Phi) is 7.68. The number of benzene rings is 3. The number of nitro benzene ring substituents is 1. The van der Waals surface area contributed by atoms with Gasteiger partial charge in [0, 0.05) is 44.4 Å². The van der Waals surface area contributed by atoms with E-state index >= 15 is 0 Å². The van der Waals surface area contributed by atoms with Crippen LogP contribution < -0.4 is 10.2 Å². The smallest absolute Gasteiger partial charge is 0.269 e. The zero-order valence-electron chi connectivity index (χ0n) is 21.1. The minimum atomic E-state index is -0.406. The minimum absolute atomic E-state index is 0.0627. The molecule has 6 rings (SSSR count). The van der Waals surface area contributed by atoms with E-state index in [1.165, 1.54) is 23.9 Å². The van der Waals surface area contributed by atoms with E-state index in [9.17, 15) is 10.1 Å². The maximum Gasteiger partial charge on any atom is 0.269 e. The highest BCUT2D eigenvalue weighted by Crippen LogP contribution is 2.44. The number of thiocarbonyl (C=S) groups is 1. The molecule has 1 aliphatic heterocycles. The van der Waals surface area contributed by atoms with Crippen LogP contribution in [0.5, 0.6) is 0 Å². The fraction of sp³-hybridized carbons (Fsp3) is 0.0667. The van der Waals surface area contributed by atoms with E-state index in [4.69, 9.17) is 39.8 Å². The number of halogens is 2. The number of non-ortho nitro benzene ring substituents is 1. The fourth-order valence-corrected chi connectivity index (χ4v) is 6.38. The van der Waals surface area contributed by atoms with E-state index in [2.05, 4.69) is 10.3 Å². The Morgan fingerprint density at radius 1 is 0.951 bits per heavy atom. The van der Waals surface area contributed by atoms with Crippen molar-refractivity contribution in [1.29, 1.82) is 0 Å². The first kappa shape index (κ1) is 27.3. The lowest BCUT2D eigenvalue weighted by atomic mass is 10.0. The maximum absolute atomic E-state index is 11.0. The lowest BCUT2D eigenvalue weighted by Gasteiger charge is -2.26. The van der Waals surface area contributed by atoms with Crippen LogP contribution in [0.25, 0.3) is 11.3 Å². The van der Waals surface area contributed by atoms with Crippen LogP contribution in [0.15, 0.2) is 117 Å². The van der Waals surface area contributed by atoms with Crippen LogP contribution in [-0.2, 0) is 0 Å². The van der Waals surface area contributed by atoms with Crippen molar-refractivity contribution < 1.29 is 9.34 Å². The standard InChI is InChI=1S/C30H20Cl2N4O3S2/c31-18-4-13-23(24(32)17-18)26-14-15-27(39-26)29-28(25-3-1-2-16-33-25)34-30(40)35(29)19-5-9-21(10-6-19)41-22-11-7-20(8-12-22)36(37)38/h1-17,28-29H,(H,34,40)/t28-,29+/m0/s1. The molecule has 0 radical (unpaired) electrons. The molecule has 1 fully saturated rings. The van der Waals surface area contributed by atoms with Crippen LogP contribution in [-0.4, -0.2) is 15.0 Å². The lowest BCUT2D eigenvalue weighted by Crippen LogP contribution is -2.29. The van der Waals surface area contributed by atoms with Gasteiger partial charge in [-0.15, -0.1) is 0 Å². The summed E-state index contributed by atoms with van der Waals surface area (Å²) in [6.45, 7) is 0. The van der Waals surface area contributed by atoms with Gasteiger partial charge in [-0.05, 0) is 91.1 Å². The first-order valence-corrected chi connectivity index (χ1v) is 14.4. The highest BCUT2D eigenvalue weighted by atomic mass is 35.5. The number of nitrogens with one attached hydrogen (secondary N) is 1. The summed E-state index contributed by atoms with van der Waals surface area (Å²) in [4.78, 5) is 19.1. The summed E-state index contributed by atoms with van der Waals surface area (Å²) in [5, 5.41) is 16.0. The molecule has 3 aromatic carbocycles. The predicted octanol–water partition coefficient (Wildman–Crippen LogP) is 8.88. The maximum atomic E-state index is 11.0. The molecule has 41 heavy (non-hydrogen) atoms. The Morgan fingerprint density at radius 3 is 2.34 bits per heavy atom. The van der Waals surface area contributed by atoms with Crippen LogP contribution in [0.3, 0.4) is 0 Å². The zero-order chi connectivity index (χ0) is 28.5. The molecule has 2 atom stereocenters. The van der Waals surface area contributed by atoms with E-state index in [0.29, 0.717) is 26.7 Å². The third kappa shape index (κ3) is 5.67. The normalized spacial score (nSPS) is 16.5. The minimum Gasteiger partial charge on any atom is -0.459 e. The molecule has 1 aliphatic rings. The number of furan rings is 1. The molecular formula is C30H20Cl2N4O3S2. The zero-order valence-corrected chi connectivity index (χ0v) is 24.3. The molecule has 7 nitrogen and oxygen atoms in total. The van der Waals surface area contributed by atoms with Gasteiger partial charge in [0.05, 0.1) is 21.7 Å². The van der Waals surface area contributed by atoms with Gasteiger partial charge in [-0.25, -0.2) is 0 Å². The van der Waals surface area contributed by atoms with Gasteiger partial charge >= 0.3 is 0 Å². The van der Waals surface area contributed by atoms with E-state index in [-0.39, 0.29) is 17.8 Å². The Hall–Kier alpha value is -3.89. The highest BCUT2D eigenvalue weighted by molar-refractivity contribution is 7.99. The molecule has 11 heteroatoms. The molecule has 0 unspecified atom stereocenters. The van der Waals surface area contributed by atoms with E-state index in [1.54, 1.807) is 30.5 Å². The van der Waals surface area contributed by atoms with Crippen molar-refractivity contribution in [2.45, 2.75) is 21.9 Å². The number of hydrogen-bond donors (Lipinski definition) is 1. The molecule has 204 valence electrons. The first-order chi connectivity index (χ1) is 19.9. The number of anilines is 1. The lowest BCUT2D eigenvalue weighted by molar-refractivity contribution is -0.384.